The third kappa shape index (κ3) is 2.78. The van der Waals surface area contributed by atoms with E-state index < -0.39 is 18.2 Å². The molecule has 1 fully saturated rings. The standard InChI is InChI=1S/C12H18N2O5/c1-4-18-11-8(17-3)5-9(19-11)14-6-7(2)10(15)13-12(14)16/h6,8-9,11H,4-5H2,1-3H3,(H,13,15,16). The van der Waals surface area contributed by atoms with Gasteiger partial charge in [-0.3, -0.25) is 14.3 Å². The lowest BCUT2D eigenvalue weighted by molar-refractivity contribution is -0.179. The minimum atomic E-state index is -0.501. The molecule has 0 spiro atoms. The first kappa shape index (κ1) is 14.0. The number of rotatable bonds is 4. The van der Waals surface area contributed by atoms with Crippen molar-refractivity contribution in [2.24, 2.45) is 0 Å². The zero-order valence-corrected chi connectivity index (χ0v) is 11.2. The molecule has 1 aromatic heterocycles. The molecular formula is C12H18N2O5. The lowest BCUT2D eigenvalue weighted by Crippen LogP contribution is -2.33. The van der Waals surface area contributed by atoms with Crippen molar-refractivity contribution < 1.29 is 14.2 Å². The van der Waals surface area contributed by atoms with Crippen LogP contribution in [-0.4, -0.2) is 35.7 Å². The number of methoxy groups -OCH3 is 1. The van der Waals surface area contributed by atoms with Gasteiger partial charge in [-0.25, -0.2) is 4.79 Å². The van der Waals surface area contributed by atoms with E-state index in [0.717, 1.165) is 0 Å². The molecule has 3 atom stereocenters. The Hall–Kier alpha value is -1.44. The Morgan fingerprint density at radius 2 is 2.26 bits per heavy atom. The second-order valence-electron chi connectivity index (χ2n) is 4.40. The van der Waals surface area contributed by atoms with Gasteiger partial charge in [0.05, 0.1) is 0 Å². The number of ether oxygens (including phenoxy) is 3. The van der Waals surface area contributed by atoms with Crippen molar-refractivity contribution in [2.75, 3.05) is 13.7 Å². The van der Waals surface area contributed by atoms with E-state index in [1.165, 1.54) is 10.8 Å². The number of hydrogen-bond acceptors (Lipinski definition) is 5. The number of nitrogens with one attached hydrogen (secondary N) is 1. The predicted molar refractivity (Wildman–Crippen MR) is 67.0 cm³/mol. The van der Waals surface area contributed by atoms with Gasteiger partial charge in [-0.05, 0) is 13.8 Å². The summed E-state index contributed by atoms with van der Waals surface area (Å²) in [6.45, 7) is 3.99. The van der Waals surface area contributed by atoms with E-state index in [1.807, 2.05) is 6.92 Å². The zero-order chi connectivity index (χ0) is 14.0. The van der Waals surface area contributed by atoms with E-state index >= 15 is 0 Å². The Kier molecular flexibility index (Phi) is 4.18. The molecule has 2 rings (SSSR count). The van der Waals surface area contributed by atoms with Gasteiger partial charge in [-0.15, -0.1) is 0 Å². The molecular weight excluding hydrogens is 252 g/mol. The molecule has 106 valence electrons. The molecule has 7 nitrogen and oxygen atoms in total. The van der Waals surface area contributed by atoms with E-state index in [1.54, 1.807) is 14.0 Å². The van der Waals surface area contributed by atoms with E-state index in [-0.39, 0.29) is 11.7 Å². The fourth-order valence-corrected chi connectivity index (χ4v) is 2.11. The van der Waals surface area contributed by atoms with Crippen LogP contribution in [0.2, 0.25) is 0 Å². The fraction of sp³-hybridized carbons (Fsp3) is 0.667. The lowest BCUT2D eigenvalue weighted by Gasteiger charge is -2.17. The van der Waals surface area contributed by atoms with Crippen molar-refractivity contribution in [3.05, 3.63) is 32.6 Å². The van der Waals surface area contributed by atoms with E-state index in [4.69, 9.17) is 14.2 Å². The van der Waals surface area contributed by atoms with Gasteiger partial charge in [0.15, 0.2) is 6.29 Å². The van der Waals surface area contributed by atoms with Crippen LogP contribution in [0.15, 0.2) is 15.8 Å². The van der Waals surface area contributed by atoms with Crippen molar-refractivity contribution in [3.8, 4) is 0 Å². The molecule has 1 saturated heterocycles. The summed E-state index contributed by atoms with van der Waals surface area (Å²) in [5.74, 6) is 0. The second-order valence-corrected chi connectivity index (χ2v) is 4.40. The first-order chi connectivity index (χ1) is 9.06. The molecule has 0 bridgehead atoms. The fourth-order valence-electron chi connectivity index (χ4n) is 2.11. The normalized spacial score (nSPS) is 26.8. The largest absolute Gasteiger partial charge is 0.376 e. The van der Waals surface area contributed by atoms with Gasteiger partial charge < -0.3 is 14.2 Å². The van der Waals surface area contributed by atoms with Crippen LogP contribution in [0.25, 0.3) is 0 Å². The molecule has 0 aliphatic carbocycles. The van der Waals surface area contributed by atoms with Crippen molar-refractivity contribution in [2.45, 2.75) is 38.9 Å². The molecule has 1 aliphatic rings. The van der Waals surface area contributed by atoms with Gasteiger partial charge in [0, 0.05) is 31.9 Å². The van der Waals surface area contributed by atoms with Crippen molar-refractivity contribution in [1.82, 2.24) is 9.55 Å². The molecule has 0 radical (unpaired) electrons. The molecule has 1 N–H and O–H groups in total. The Morgan fingerprint density at radius 3 is 2.89 bits per heavy atom. The first-order valence-electron chi connectivity index (χ1n) is 6.18. The molecule has 0 aromatic carbocycles. The minimum absolute atomic E-state index is 0.232. The maximum absolute atomic E-state index is 11.8. The summed E-state index contributed by atoms with van der Waals surface area (Å²) >= 11 is 0. The Morgan fingerprint density at radius 1 is 1.53 bits per heavy atom. The van der Waals surface area contributed by atoms with Gasteiger partial charge in [0.2, 0.25) is 0 Å². The molecule has 1 aromatic rings. The summed E-state index contributed by atoms with van der Waals surface area (Å²) in [5, 5.41) is 0. The van der Waals surface area contributed by atoms with Crippen LogP contribution in [0, 0.1) is 6.92 Å². The highest BCUT2D eigenvalue weighted by Gasteiger charge is 2.37. The topological polar surface area (TPSA) is 82.5 Å². The highest BCUT2D eigenvalue weighted by Crippen LogP contribution is 2.29. The maximum Gasteiger partial charge on any atom is 0.330 e. The smallest absolute Gasteiger partial charge is 0.330 e. The average Bonchev–Trinajstić information content (AvgIpc) is 2.77. The number of H-pyrrole nitrogens is 1. The Labute approximate surface area is 110 Å². The van der Waals surface area contributed by atoms with Crippen molar-refractivity contribution in [3.63, 3.8) is 0 Å². The molecule has 1 aliphatic heterocycles. The van der Waals surface area contributed by atoms with E-state index in [9.17, 15) is 9.59 Å². The number of nitrogens with zero attached hydrogens (tertiary/aromatic N) is 1. The van der Waals surface area contributed by atoms with Gasteiger partial charge >= 0.3 is 5.69 Å². The van der Waals surface area contributed by atoms with Gasteiger partial charge in [-0.2, -0.15) is 0 Å². The van der Waals surface area contributed by atoms with Crippen LogP contribution in [0.4, 0.5) is 0 Å². The third-order valence-electron chi connectivity index (χ3n) is 3.12. The molecule has 3 unspecified atom stereocenters. The quantitative estimate of drug-likeness (QED) is 0.841. The summed E-state index contributed by atoms with van der Waals surface area (Å²) in [6.07, 6.45) is 0.757. The summed E-state index contributed by atoms with van der Waals surface area (Å²) < 4.78 is 17.7. The minimum Gasteiger partial charge on any atom is -0.376 e. The van der Waals surface area contributed by atoms with Crippen LogP contribution in [0.5, 0.6) is 0 Å². The summed E-state index contributed by atoms with van der Waals surface area (Å²) in [4.78, 5) is 25.4. The first-order valence-corrected chi connectivity index (χ1v) is 6.18. The monoisotopic (exact) mass is 270 g/mol. The van der Waals surface area contributed by atoms with Crippen LogP contribution in [0.3, 0.4) is 0 Å². The number of aromatic amines is 1. The number of hydrogen-bond donors (Lipinski definition) is 1. The van der Waals surface area contributed by atoms with Crippen LogP contribution >= 0.6 is 0 Å². The zero-order valence-electron chi connectivity index (χ0n) is 11.2. The summed E-state index contributed by atoms with van der Waals surface area (Å²) in [7, 11) is 1.57. The van der Waals surface area contributed by atoms with Crippen LogP contribution in [0.1, 0.15) is 25.1 Å². The highest BCUT2D eigenvalue weighted by atomic mass is 16.7. The van der Waals surface area contributed by atoms with E-state index in [0.29, 0.717) is 18.6 Å². The molecule has 7 heteroatoms. The number of aromatic nitrogens is 2. The molecule has 2 heterocycles. The molecule has 19 heavy (non-hydrogen) atoms. The van der Waals surface area contributed by atoms with E-state index in [2.05, 4.69) is 4.98 Å². The van der Waals surface area contributed by atoms with Crippen LogP contribution in [-0.2, 0) is 14.2 Å². The maximum atomic E-state index is 11.8. The van der Waals surface area contributed by atoms with Gasteiger partial charge in [0.25, 0.3) is 5.56 Å². The number of aryl methyl sites for hydroxylation is 1. The van der Waals surface area contributed by atoms with Crippen LogP contribution < -0.4 is 11.2 Å². The van der Waals surface area contributed by atoms with Crippen molar-refractivity contribution >= 4 is 0 Å². The van der Waals surface area contributed by atoms with Crippen molar-refractivity contribution in [1.29, 1.82) is 0 Å². The summed E-state index contributed by atoms with van der Waals surface area (Å²) in [6, 6.07) is 0. The van der Waals surface area contributed by atoms with Gasteiger partial charge in [0.1, 0.15) is 12.3 Å². The molecule has 0 saturated carbocycles. The average molecular weight is 270 g/mol. The SMILES string of the molecule is CCOC1OC(n2cc(C)c(=O)[nH]c2=O)CC1OC. The predicted octanol–water partition coefficient (Wildman–Crippen LogP) is 0.142. The summed E-state index contributed by atoms with van der Waals surface area (Å²) in [5.41, 5.74) is -0.423. The molecule has 0 amide bonds. The Bertz CT molecular complexity index is 550. The second kappa shape index (κ2) is 5.68. The third-order valence-corrected chi connectivity index (χ3v) is 3.12. The van der Waals surface area contributed by atoms with Gasteiger partial charge in [-0.1, -0.05) is 0 Å². The highest BCUT2D eigenvalue weighted by molar-refractivity contribution is 5.01. The lowest BCUT2D eigenvalue weighted by atomic mass is 10.2. The Balaban J connectivity index is 2.27.